The zero-order valence-corrected chi connectivity index (χ0v) is 19.3. The number of thiophene rings is 1. The van der Waals surface area contributed by atoms with Gasteiger partial charge in [-0.3, -0.25) is 9.69 Å². The van der Waals surface area contributed by atoms with Crippen molar-refractivity contribution in [2.24, 2.45) is 5.10 Å². The van der Waals surface area contributed by atoms with Crippen molar-refractivity contribution < 1.29 is 18.7 Å². The number of likely N-dealkylation sites (N-methyl/N-ethyl adjacent to an activating group) is 1. The van der Waals surface area contributed by atoms with Crippen LogP contribution in [0.1, 0.15) is 35.6 Å². The van der Waals surface area contributed by atoms with Crippen LogP contribution in [0.2, 0.25) is 0 Å². The van der Waals surface area contributed by atoms with E-state index in [9.17, 15) is 4.79 Å². The number of methoxy groups -OCH3 is 2. The molecule has 32 heavy (non-hydrogen) atoms. The molecule has 0 aliphatic carbocycles. The average Bonchev–Trinajstić information content (AvgIpc) is 3.58. The van der Waals surface area contributed by atoms with E-state index in [0.717, 1.165) is 28.5 Å². The summed E-state index contributed by atoms with van der Waals surface area (Å²) in [6, 6.07) is 13.4. The molecule has 8 heteroatoms. The first-order chi connectivity index (χ1) is 15.6. The molecular formula is C24H27N3O4S. The monoisotopic (exact) mass is 453 g/mol. The summed E-state index contributed by atoms with van der Waals surface area (Å²) < 4.78 is 16.4. The highest BCUT2D eigenvalue weighted by molar-refractivity contribution is 7.12. The summed E-state index contributed by atoms with van der Waals surface area (Å²) in [7, 11) is 3.24. The van der Waals surface area contributed by atoms with Crippen LogP contribution in [0, 0.1) is 0 Å². The van der Waals surface area contributed by atoms with Crippen molar-refractivity contribution in [3.8, 4) is 11.5 Å². The molecule has 1 amide bonds. The molecule has 7 nitrogen and oxygen atoms in total. The van der Waals surface area contributed by atoms with Crippen LogP contribution in [0.4, 0.5) is 0 Å². The number of hydrogen-bond acceptors (Lipinski definition) is 7. The summed E-state index contributed by atoms with van der Waals surface area (Å²) in [6.07, 6.45) is 2.28. The Morgan fingerprint density at radius 2 is 2.06 bits per heavy atom. The highest BCUT2D eigenvalue weighted by Gasteiger charge is 2.35. The molecular weight excluding hydrogens is 426 g/mol. The molecule has 3 heterocycles. The molecule has 2 aromatic heterocycles. The third kappa shape index (κ3) is 4.71. The van der Waals surface area contributed by atoms with Gasteiger partial charge >= 0.3 is 0 Å². The number of hydrazone groups is 1. The van der Waals surface area contributed by atoms with Crippen LogP contribution >= 0.6 is 11.3 Å². The Morgan fingerprint density at radius 3 is 2.72 bits per heavy atom. The van der Waals surface area contributed by atoms with Gasteiger partial charge in [0.1, 0.15) is 11.8 Å². The summed E-state index contributed by atoms with van der Waals surface area (Å²) in [5.74, 6) is 2.05. The number of carbonyl (C=O) groups is 1. The Kier molecular flexibility index (Phi) is 6.92. The Morgan fingerprint density at radius 1 is 1.22 bits per heavy atom. The molecule has 0 spiro atoms. The van der Waals surface area contributed by atoms with E-state index in [4.69, 9.17) is 19.0 Å². The molecule has 4 rings (SSSR count). The van der Waals surface area contributed by atoms with Gasteiger partial charge in [0.2, 0.25) is 0 Å². The van der Waals surface area contributed by atoms with Crippen LogP contribution in [0.25, 0.3) is 0 Å². The van der Waals surface area contributed by atoms with E-state index in [1.165, 1.54) is 0 Å². The van der Waals surface area contributed by atoms with Crippen LogP contribution < -0.4 is 9.47 Å². The molecule has 1 atom stereocenters. The second kappa shape index (κ2) is 10.0. The van der Waals surface area contributed by atoms with Gasteiger partial charge in [0.25, 0.3) is 5.91 Å². The highest BCUT2D eigenvalue weighted by atomic mass is 32.1. The smallest absolute Gasteiger partial charge is 0.257 e. The number of nitrogens with zero attached hydrogens (tertiary/aromatic N) is 3. The van der Waals surface area contributed by atoms with Crippen molar-refractivity contribution in [3.63, 3.8) is 0 Å². The molecule has 1 aromatic carbocycles. The minimum absolute atomic E-state index is 0.0553. The predicted molar refractivity (Wildman–Crippen MR) is 124 cm³/mol. The van der Waals surface area contributed by atoms with Crippen molar-refractivity contribution >= 4 is 23.0 Å². The molecule has 0 saturated carbocycles. The van der Waals surface area contributed by atoms with Gasteiger partial charge in [0.15, 0.2) is 11.5 Å². The Bertz CT molecular complexity index is 1060. The van der Waals surface area contributed by atoms with Gasteiger partial charge in [0.05, 0.1) is 37.6 Å². The third-order valence-electron chi connectivity index (χ3n) is 5.50. The van der Waals surface area contributed by atoms with E-state index in [-0.39, 0.29) is 18.5 Å². The number of furan rings is 1. The lowest BCUT2D eigenvalue weighted by atomic mass is 10.1. The zero-order chi connectivity index (χ0) is 22.5. The average molecular weight is 454 g/mol. The van der Waals surface area contributed by atoms with Gasteiger partial charge in [-0.2, -0.15) is 5.10 Å². The lowest BCUT2D eigenvalue weighted by Crippen LogP contribution is -2.37. The van der Waals surface area contributed by atoms with Crippen LogP contribution in [0.5, 0.6) is 11.5 Å². The van der Waals surface area contributed by atoms with Gasteiger partial charge in [-0.05, 0) is 47.8 Å². The third-order valence-corrected chi connectivity index (χ3v) is 6.42. The first-order valence-electron chi connectivity index (χ1n) is 10.5. The summed E-state index contributed by atoms with van der Waals surface area (Å²) >= 11 is 1.63. The van der Waals surface area contributed by atoms with Gasteiger partial charge in [-0.15, -0.1) is 11.3 Å². The fourth-order valence-corrected chi connectivity index (χ4v) is 4.54. The molecule has 0 fully saturated rings. The number of benzene rings is 1. The number of carbonyl (C=O) groups excluding carboxylic acids is 1. The molecule has 1 aliphatic heterocycles. The Labute approximate surface area is 191 Å². The quantitative estimate of drug-likeness (QED) is 0.475. The maximum atomic E-state index is 13.3. The summed E-state index contributed by atoms with van der Waals surface area (Å²) in [5.41, 5.74) is 1.96. The van der Waals surface area contributed by atoms with Crippen LogP contribution in [-0.2, 0) is 11.3 Å². The fourth-order valence-electron chi connectivity index (χ4n) is 3.81. The van der Waals surface area contributed by atoms with Gasteiger partial charge in [0, 0.05) is 13.0 Å². The molecule has 1 aliphatic rings. The first kappa shape index (κ1) is 22.1. The lowest BCUT2D eigenvalue weighted by Gasteiger charge is -2.25. The summed E-state index contributed by atoms with van der Waals surface area (Å²) in [4.78, 5) is 16.5. The zero-order valence-electron chi connectivity index (χ0n) is 18.5. The van der Waals surface area contributed by atoms with Crippen molar-refractivity contribution in [2.45, 2.75) is 25.9 Å². The first-order valence-corrected chi connectivity index (χ1v) is 11.4. The minimum atomic E-state index is -0.227. The van der Waals surface area contributed by atoms with E-state index in [0.29, 0.717) is 24.5 Å². The maximum absolute atomic E-state index is 13.3. The second-order valence-electron chi connectivity index (χ2n) is 7.49. The van der Waals surface area contributed by atoms with E-state index in [1.807, 2.05) is 54.8 Å². The van der Waals surface area contributed by atoms with Gasteiger partial charge in [-0.25, -0.2) is 5.01 Å². The van der Waals surface area contributed by atoms with Crippen LogP contribution in [0.3, 0.4) is 0 Å². The number of ether oxygens (including phenoxy) is 2. The van der Waals surface area contributed by atoms with E-state index in [2.05, 4.69) is 4.90 Å². The largest absolute Gasteiger partial charge is 0.493 e. The van der Waals surface area contributed by atoms with Gasteiger partial charge < -0.3 is 13.9 Å². The second-order valence-corrected chi connectivity index (χ2v) is 8.44. The normalized spacial score (nSPS) is 15.8. The summed E-state index contributed by atoms with van der Waals surface area (Å²) in [6.45, 7) is 3.63. The molecule has 0 saturated heterocycles. The van der Waals surface area contributed by atoms with Crippen LogP contribution in [0.15, 0.2) is 63.6 Å². The molecule has 0 radical (unpaired) electrons. The molecule has 0 unspecified atom stereocenters. The van der Waals surface area contributed by atoms with E-state index >= 15 is 0 Å². The van der Waals surface area contributed by atoms with Crippen LogP contribution in [-0.4, -0.2) is 48.8 Å². The van der Waals surface area contributed by atoms with E-state index < -0.39 is 0 Å². The highest BCUT2D eigenvalue weighted by Crippen LogP contribution is 2.34. The topological polar surface area (TPSA) is 67.5 Å². The molecule has 0 N–H and O–H groups in total. The number of hydrogen-bond donors (Lipinski definition) is 0. The van der Waals surface area contributed by atoms with Crippen molar-refractivity contribution in [2.75, 3.05) is 27.3 Å². The maximum Gasteiger partial charge on any atom is 0.257 e. The fraction of sp³-hybridized carbons (Fsp3) is 0.333. The Hall–Kier alpha value is -3.10. The van der Waals surface area contributed by atoms with E-state index in [1.54, 1.807) is 36.8 Å². The number of amides is 1. The number of rotatable bonds is 9. The summed E-state index contributed by atoms with van der Waals surface area (Å²) in [5, 5.41) is 8.31. The van der Waals surface area contributed by atoms with Crippen molar-refractivity contribution in [1.29, 1.82) is 0 Å². The lowest BCUT2D eigenvalue weighted by molar-refractivity contribution is -0.134. The molecule has 3 aromatic rings. The van der Waals surface area contributed by atoms with Crippen molar-refractivity contribution in [3.05, 3.63) is 70.3 Å². The standard InChI is InChI=1S/C24H27N3O4S/c1-4-26(15-17-9-10-21(29-2)22(13-17)30-3)16-24(28)27-19(20-7-5-11-31-20)14-18(25-27)23-8-6-12-32-23/h5-13,19H,4,14-16H2,1-3H3/t19-/m1/s1. The molecule has 0 bridgehead atoms. The SMILES string of the molecule is CCN(CC(=O)N1N=C(c2cccs2)C[C@@H]1c1ccco1)Cc1ccc(OC)c(OC)c1. The van der Waals surface area contributed by atoms with Crippen molar-refractivity contribution in [1.82, 2.24) is 9.91 Å². The minimum Gasteiger partial charge on any atom is -0.493 e. The van der Waals surface area contributed by atoms with Gasteiger partial charge in [-0.1, -0.05) is 19.1 Å². The predicted octanol–water partition coefficient (Wildman–Crippen LogP) is 4.56. The Balaban J connectivity index is 1.51. The molecule has 168 valence electrons.